The predicted octanol–water partition coefficient (Wildman–Crippen LogP) is 3.44. The fourth-order valence-electron chi connectivity index (χ4n) is 1.95. The molecule has 0 atom stereocenters. The van der Waals surface area contributed by atoms with Crippen molar-refractivity contribution in [3.63, 3.8) is 0 Å². The van der Waals surface area contributed by atoms with Gasteiger partial charge >= 0.3 is 6.03 Å². The van der Waals surface area contributed by atoms with Gasteiger partial charge in [0.1, 0.15) is 0 Å². The van der Waals surface area contributed by atoms with Gasteiger partial charge in [-0.3, -0.25) is 0 Å². The Hall–Kier alpha value is -1.81. The van der Waals surface area contributed by atoms with Crippen LogP contribution in [0.25, 0.3) is 0 Å². The van der Waals surface area contributed by atoms with Crippen LogP contribution in [0.5, 0.6) is 0 Å². The number of hydrogen-bond donors (Lipinski definition) is 1. The zero-order chi connectivity index (χ0) is 14.4. The van der Waals surface area contributed by atoms with E-state index in [2.05, 4.69) is 35.8 Å². The van der Waals surface area contributed by atoms with E-state index in [9.17, 15) is 4.79 Å². The number of thiophene rings is 1. The van der Waals surface area contributed by atoms with E-state index in [-0.39, 0.29) is 6.03 Å². The van der Waals surface area contributed by atoms with Crippen LogP contribution in [0.2, 0.25) is 0 Å². The molecule has 1 heterocycles. The quantitative estimate of drug-likeness (QED) is 0.898. The van der Waals surface area contributed by atoms with Crippen LogP contribution in [0.4, 0.5) is 4.79 Å². The van der Waals surface area contributed by atoms with Crippen molar-refractivity contribution in [1.82, 2.24) is 10.2 Å². The third kappa shape index (κ3) is 4.10. The van der Waals surface area contributed by atoms with Crippen LogP contribution in [0.1, 0.15) is 16.0 Å². The van der Waals surface area contributed by atoms with Crippen LogP contribution >= 0.6 is 11.3 Å². The Morgan fingerprint density at radius 2 is 2.00 bits per heavy atom. The number of rotatable bonds is 5. The van der Waals surface area contributed by atoms with Crippen molar-refractivity contribution in [2.45, 2.75) is 19.9 Å². The van der Waals surface area contributed by atoms with Gasteiger partial charge in [0.25, 0.3) is 0 Å². The summed E-state index contributed by atoms with van der Waals surface area (Å²) in [6.07, 6.45) is 0.860. The lowest BCUT2D eigenvalue weighted by Crippen LogP contribution is -2.37. The molecule has 1 aromatic heterocycles. The second-order valence-corrected chi connectivity index (χ2v) is 5.85. The van der Waals surface area contributed by atoms with E-state index in [4.69, 9.17) is 0 Å². The molecule has 20 heavy (non-hydrogen) atoms. The molecule has 2 aromatic rings. The fourth-order valence-corrected chi connectivity index (χ4v) is 2.91. The van der Waals surface area contributed by atoms with E-state index in [1.165, 1.54) is 16.0 Å². The van der Waals surface area contributed by atoms with Gasteiger partial charge in [0, 0.05) is 18.5 Å². The summed E-state index contributed by atoms with van der Waals surface area (Å²) in [4.78, 5) is 15.0. The van der Waals surface area contributed by atoms with E-state index >= 15 is 0 Å². The molecule has 2 rings (SSSR count). The van der Waals surface area contributed by atoms with Crippen LogP contribution in [0.3, 0.4) is 0 Å². The molecule has 0 fully saturated rings. The molecule has 2 amide bonds. The smallest absolute Gasteiger partial charge is 0.317 e. The molecule has 106 valence electrons. The number of aryl methyl sites for hydroxylation is 1. The first-order valence-electron chi connectivity index (χ1n) is 6.72. The van der Waals surface area contributed by atoms with Crippen molar-refractivity contribution in [2.24, 2.45) is 0 Å². The number of hydrogen-bond acceptors (Lipinski definition) is 2. The summed E-state index contributed by atoms with van der Waals surface area (Å²) >= 11 is 1.69. The molecule has 3 nitrogen and oxygen atoms in total. The third-order valence-electron chi connectivity index (χ3n) is 3.23. The molecule has 1 N–H and O–H groups in total. The van der Waals surface area contributed by atoms with Crippen LogP contribution < -0.4 is 5.32 Å². The van der Waals surface area contributed by atoms with E-state index in [1.807, 2.05) is 25.2 Å². The minimum absolute atomic E-state index is 0.0197. The second kappa shape index (κ2) is 7.10. The number of amides is 2. The molecule has 0 bridgehead atoms. The van der Waals surface area contributed by atoms with Gasteiger partial charge < -0.3 is 10.2 Å². The largest absolute Gasteiger partial charge is 0.338 e. The maximum Gasteiger partial charge on any atom is 0.317 e. The minimum Gasteiger partial charge on any atom is -0.338 e. The Bertz CT molecular complexity index is 551. The Labute approximate surface area is 124 Å². The Morgan fingerprint density at radius 1 is 1.25 bits per heavy atom. The molecule has 0 radical (unpaired) electrons. The lowest BCUT2D eigenvalue weighted by molar-refractivity contribution is 0.207. The molecular weight excluding hydrogens is 268 g/mol. The summed E-state index contributed by atoms with van der Waals surface area (Å²) in [5, 5.41) is 5.02. The summed E-state index contributed by atoms with van der Waals surface area (Å²) in [6.45, 7) is 3.41. The average molecular weight is 288 g/mol. The minimum atomic E-state index is -0.0197. The Morgan fingerprint density at radius 3 is 2.65 bits per heavy atom. The number of benzene rings is 1. The van der Waals surface area contributed by atoms with Gasteiger partial charge in [0.05, 0.1) is 6.54 Å². The third-order valence-corrected chi connectivity index (χ3v) is 4.24. The lowest BCUT2D eigenvalue weighted by Gasteiger charge is -2.17. The molecule has 0 aliphatic heterocycles. The predicted molar refractivity (Wildman–Crippen MR) is 84.1 cm³/mol. The van der Waals surface area contributed by atoms with Crippen LogP contribution in [-0.4, -0.2) is 24.5 Å². The summed E-state index contributed by atoms with van der Waals surface area (Å²) in [7, 11) is 1.83. The SMILES string of the molecule is Cc1ccsc1CN(C)C(=O)NCCc1ccccc1. The first-order chi connectivity index (χ1) is 9.66. The Balaban J connectivity index is 1.76. The van der Waals surface area contributed by atoms with Crippen LogP contribution in [0.15, 0.2) is 41.8 Å². The molecule has 0 spiro atoms. The molecule has 0 aliphatic carbocycles. The molecular formula is C16H20N2OS. The second-order valence-electron chi connectivity index (χ2n) is 4.85. The normalized spacial score (nSPS) is 10.3. The Kier molecular flexibility index (Phi) is 5.18. The molecule has 0 aliphatic rings. The summed E-state index contributed by atoms with van der Waals surface area (Å²) < 4.78 is 0. The van der Waals surface area contributed by atoms with Crippen LogP contribution in [-0.2, 0) is 13.0 Å². The van der Waals surface area contributed by atoms with Crippen molar-refractivity contribution >= 4 is 17.4 Å². The highest BCUT2D eigenvalue weighted by Gasteiger charge is 2.10. The van der Waals surface area contributed by atoms with Crippen molar-refractivity contribution < 1.29 is 4.79 Å². The van der Waals surface area contributed by atoms with Gasteiger partial charge in [-0.2, -0.15) is 0 Å². The molecule has 4 heteroatoms. The fraction of sp³-hybridized carbons (Fsp3) is 0.312. The number of carbonyl (C=O) groups is 1. The molecule has 0 unspecified atom stereocenters. The van der Waals surface area contributed by atoms with Gasteiger partial charge in [-0.05, 0) is 35.9 Å². The highest BCUT2D eigenvalue weighted by molar-refractivity contribution is 7.10. The maximum atomic E-state index is 12.0. The molecule has 0 saturated carbocycles. The number of urea groups is 1. The van der Waals surface area contributed by atoms with Gasteiger partial charge in [-0.1, -0.05) is 30.3 Å². The number of carbonyl (C=O) groups excluding carboxylic acids is 1. The standard InChI is InChI=1S/C16H20N2OS/c1-13-9-11-20-15(13)12-18(2)16(19)17-10-8-14-6-4-3-5-7-14/h3-7,9,11H,8,10,12H2,1-2H3,(H,17,19). The summed E-state index contributed by atoms with van der Waals surface area (Å²) in [5.41, 5.74) is 2.49. The summed E-state index contributed by atoms with van der Waals surface area (Å²) in [6, 6.07) is 12.2. The van der Waals surface area contributed by atoms with E-state index in [0.29, 0.717) is 13.1 Å². The molecule has 0 saturated heterocycles. The van der Waals surface area contributed by atoms with E-state index < -0.39 is 0 Å². The zero-order valence-corrected chi connectivity index (χ0v) is 12.7. The maximum absolute atomic E-state index is 12.0. The van der Waals surface area contributed by atoms with Crippen molar-refractivity contribution in [3.05, 3.63) is 57.8 Å². The van der Waals surface area contributed by atoms with E-state index in [1.54, 1.807) is 16.2 Å². The van der Waals surface area contributed by atoms with Crippen molar-refractivity contribution in [2.75, 3.05) is 13.6 Å². The highest BCUT2D eigenvalue weighted by Crippen LogP contribution is 2.17. The topological polar surface area (TPSA) is 32.3 Å². The highest BCUT2D eigenvalue weighted by atomic mass is 32.1. The zero-order valence-electron chi connectivity index (χ0n) is 11.9. The van der Waals surface area contributed by atoms with Gasteiger partial charge in [-0.25, -0.2) is 4.79 Å². The van der Waals surface area contributed by atoms with Gasteiger partial charge in [0.15, 0.2) is 0 Å². The lowest BCUT2D eigenvalue weighted by atomic mass is 10.1. The van der Waals surface area contributed by atoms with Gasteiger partial charge in [-0.15, -0.1) is 11.3 Å². The number of nitrogens with one attached hydrogen (secondary N) is 1. The van der Waals surface area contributed by atoms with E-state index in [0.717, 1.165) is 6.42 Å². The first-order valence-corrected chi connectivity index (χ1v) is 7.60. The first kappa shape index (κ1) is 14.6. The van der Waals surface area contributed by atoms with Crippen molar-refractivity contribution in [3.8, 4) is 0 Å². The average Bonchev–Trinajstić information content (AvgIpc) is 2.85. The van der Waals surface area contributed by atoms with Crippen molar-refractivity contribution in [1.29, 1.82) is 0 Å². The monoisotopic (exact) mass is 288 g/mol. The molecule has 1 aromatic carbocycles. The van der Waals surface area contributed by atoms with Gasteiger partial charge in [0.2, 0.25) is 0 Å². The summed E-state index contributed by atoms with van der Waals surface area (Å²) in [5.74, 6) is 0. The number of nitrogens with zero attached hydrogens (tertiary/aromatic N) is 1. The van der Waals surface area contributed by atoms with Crippen LogP contribution in [0, 0.1) is 6.92 Å².